The molecule has 0 aliphatic heterocycles. The molecule has 0 amide bonds. The predicted octanol–water partition coefficient (Wildman–Crippen LogP) is 2.12. The molecule has 3 heteroatoms. The minimum atomic E-state index is -0.483. The molecule has 0 bridgehead atoms. The minimum Gasteiger partial charge on any atom is -0.387 e. The first-order valence-electron chi connectivity index (χ1n) is 6.21. The zero-order valence-corrected chi connectivity index (χ0v) is 9.89. The maximum atomic E-state index is 10.00. The van der Waals surface area contributed by atoms with Gasteiger partial charge in [0, 0.05) is 12.6 Å². The van der Waals surface area contributed by atoms with Gasteiger partial charge >= 0.3 is 0 Å². The summed E-state index contributed by atoms with van der Waals surface area (Å²) >= 11 is 0. The van der Waals surface area contributed by atoms with Gasteiger partial charge in [-0.05, 0) is 30.5 Å². The van der Waals surface area contributed by atoms with E-state index in [0.717, 1.165) is 5.56 Å². The molecule has 1 fully saturated rings. The summed E-state index contributed by atoms with van der Waals surface area (Å²) in [5.74, 6) is 0. The Balaban J connectivity index is 1.85. The van der Waals surface area contributed by atoms with E-state index in [0.29, 0.717) is 18.2 Å². The van der Waals surface area contributed by atoms with Gasteiger partial charge in [-0.25, -0.2) is 0 Å². The number of aliphatic hydroxyl groups is 1. The van der Waals surface area contributed by atoms with Crippen molar-refractivity contribution < 1.29 is 5.11 Å². The highest BCUT2D eigenvalue weighted by Gasteiger charge is 2.16. The fourth-order valence-corrected chi connectivity index (χ4v) is 2.31. The Morgan fingerprint density at radius 2 is 1.94 bits per heavy atom. The van der Waals surface area contributed by atoms with E-state index >= 15 is 0 Å². The molecule has 1 aliphatic carbocycles. The van der Waals surface area contributed by atoms with E-state index in [2.05, 4.69) is 11.4 Å². The Labute approximate surface area is 102 Å². The van der Waals surface area contributed by atoms with Crippen LogP contribution in [-0.2, 0) is 0 Å². The van der Waals surface area contributed by atoms with Crippen molar-refractivity contribution in [1.82, 2.24) is 5.32 Å². The van der Waals surface area contributed by atoms with Gasteiger partial charge in [0.25, 0.3) is 0 Å². The summed E-state index contributed by atoms with van der Waals surface area (Å²) in [5.41, 5.74) is 1.50. The summed E-state index contributed by atoms with van der Waals surface area (Å²) in [6.45, 7) is 0.594. The number of nitrogens with zero attached hydrogens (tertiary/aromatic N) is 1. The first-order chi connectivity index (χ1) is 8.29. The molecule has 1 aromatic rings. The van der Waals surface area contributed by atoms with Crippen molar-refractivity contribution in [3.8, 4) is 6.07 Å². The lowest BCUT2D eigenvalue weighted by Gasteiger charge is -2.16. The summed E-state index contributed by atoms with van der Waals surface area (Å²) in [7, 11) is 0. The Kier molecular flexibility index (Phi) is 4.13. The monoisotopic (exact) mass is 230 g/mol. The molecule has 1 atom stereocenters. The van der Waals surface area contributed by atoms with E-state index in [1.165, 1.54) is 25.7 Å². The molecule has 0 heterocycles. The maximum absolute atomic E-state index is 10.00. The molecule has 90 valence electrons. The van der Waals surface area contributed by atoms with Crippen LogP contribution in [0.1, 0.15) is 42.9 Å². The normalized spacial score (nSPS) is 17.9. The van der Waals surface area contributed by atoms with E-state index < -0.39 is 6.10 Å². The molecule has 0 aromatic heterocycles. The number of aliphatic hydroxyl groups excluding tert-OH is 1. The van der Waals surface area contributed by atoms with Crippen LogP contribution < -0.4 is 5.32 Å². The van der Waals surface area contributed by atoms with Gasteiger partial charge in [0.2, 0.25) is 0 Å². The quantitative estimate of drug-likeness (QED) is 0.833. The van der Waals surface area contributed by atoms with Crippen molar-refractivity contribution in [3.05, 3.63) is 35.4 Å². The molecular weight excluding hydrogens is 212 g/mol. The number of nitrogens with one attached hydrogen (secondary N) is 1. The Morgan fingerprint density at radius 3 is 2.53 bits per heavy atom. The van der Waals surface area contributed by atoms with Gasteiger partial charge in [-0.2, -0.15) is 5.26 Å². The van der Waals surface area contributed by atoms with Crippen LogP contribution >= 0.6 is 0 Å². The first kappa shape index (κ1) is 12.1. The molecule has 1 unspecified atom stereocenters. The third-order valence-electron chi connectivity index (χ3n) is 3.38. The first-order valence-corrected chi connectivity index (χ1v) is 6.21. The lowest BCUT2D eigenvalue weighted by atomic mass is 10.1. The highest BCUT2D eigenvalue weighted by Crippen LogP contribution is 2.19. The van der Waals surface area contributed by atoms with Gasteiger partial charge in [-0.1, -0.05) is 25.0 Å². The van der Waals surface area contributed by atoms with Crippen LogP contribution in [0.5, 0.6) is 0 Å². The zero-order chi connectivity index (χ0) is 12.1. The third kappa shape index (κ3) is 3.29. The summed E-state index contributed by atoms with van der Waals surface area (Å²) in [4.78, 5) is 0. The van der Waals surface area contributed by atoms with Gasteiger partial charge in [-0.3, -0.25) is 0 Å². The summed E-state index contributed by atoms with van der Waals surface area (Å²) < 4.78 is 0. The number of benzene rings is 1. The lowest BCUT2D eigenvalue weighted by Crippen LogP contribution is -2.30. The number of hydrogen-bond acceptors (Lipinski definition) is 3. The van der Waals surface area contributed by atoms with Gasteiger partial charge in [0.15, 0.2) is 0 Å². The molecule has 2 N–H and O–H groups in total. The van der Waals surface area contributed by atoms with E-state index in [1.807, 2.05) is 12.1 Å². The summed E-state index contributed by atoms with van der Waals surface area (Å²) in [6, 6.07) is 9.77. The standard InChI is InChI=1S/C14H18N2O/c15-9-11-5-7-12(8-6-11)14(17)10-16-13-3-1-2-4-13/h5-8,13-14,16-17H,1-4,10H2. The smallest absolute Gasteiger partial charge is 0.0991 e. The molecule has 2 rings (SSSR count). The fourth-order valence-electron chi connectivity index (χ4n) is 2.31. The molecule has 0 spiro atoms. The maximum Gasteiger partial charge on any atom is 0.0991 e. The van der Waals surface area contributed by atoms with Gasteiger partial charge < -0.3 is 10.4 Å². The van der Waals surface area contributed by atoms with Crippen molar-refractivity contribution in [2.75, 3.05) is 6.54 Å². The van der Waals surface area contributed by atoms with E-state index in [9.17, 15) is 5.11 Å². The largest absolute Gasteiger partial charge is 0.387 e. The zero-order valence-electron chi connectivity index (χ0n) is 9.89. The number of rotatable bonds is 4. The van der Waals surface area contributed by atoms with Crippen molar-refractivity contribution in [2.24, 2.45) is 0 Å². The lowest BCUT2D eigenvalue weighted by molar-refractivity contribution is 0.170. The Hall–Kier alpha value is -1.37. The van der Waals surface area contributed by atoms with Gasteiger partial charge in [0.1, 0.15) is 0 Å². The average molecular weight is 230 g/mol. The molecule has 1 saturated carbocycles. The second-order valence-corrected chi connectivity index (χ2v) is 4.64. The molecular formula is C14H18N2O. The Morgan fingerprint density at radius 1 is 1.29 bits per heavy atom. The van der Waals surface area contributed by atoms with Crippen LogP contribution in [0.3, 0.4) is 0 Å². The van der Waals surface area contributed by atoms with Crippen LogP contribution in [0.2, 0.25) is 0 Å². The van der Waals surface area contributed by atoms with Crippen LogP contribution in [0.25, 0.3) is 0 Å². The molecule has 0 radical (unpaired) electrons. The highest BCUT2D eigenvalue weighted by atomic mass is 16.3. The SMILES string of the molecule is N#Cc1ccc(C(O)CNC2CCCC2)cc1. The predicted molar refractivity (Wildman–Crippen MR) is 66.4 cm³/mol. The third-order valence-corrected chi connectivity index (χ3v) is 3.38. The second kappa shape index (κ2) is 5.81. The summed E-state index contributed by atoms with van der Waals surface area (Å²) in [5, 5.41) is 22.1. The second-order valence-electron chi connectivity index (χ2n) is 4.64. The molecule has 1 aromatic carbocycles. The molecule has 17 heavy (non-hydrogen) atoms. The van der Waals surface area contributed by atoms with Crippen molar-refractivity contribution in [1.29, 1.82) is 5.26 Å². The van der Waals surface area contributed by atoms with Crippen LogP contribution in [0.4, 0.5) is 0 Å². The van der Waals surface area contributed by atoms with E-state index in [-0.39, 0.29) is 0 Å². The van der Waals surface area contributed by atoms with E-state index in [1.54, 1.807) is 12.1 Å². The van der Waals surface area contributed by atoms with Crippen LogP contribution in [0.15, 0.2) is 24.3 Å². The minimum absolute atomic E-state index is 0.483. The average Bonchev–Trinajstić information content (AvgIpc) is 2.89. The number of nitriles is 1. The van der Waals surface area contributed by atoms with Gasteiger partial charge in [-0.15, -0.1) is 0 Å². The fraction of sp³-hybridized carbons (Fsp3) is 0.500. The van der Waals surface area contributed by atoms with Crippen molar-refractivity contribution in [2.45, 2.75) is 37.8 Å². The number of hydrogen-bond donors (Lipinski definition) is 2. The van der Waals surface area contributed by atoms with Gasteiger partial charge in [0.05, 0.1) is 17.7 Å². The molecule has 0 saturated heterocycles. The highest BCUT2D eigenvalue weighted by molar-refractivity contribution is 5.32. The van der Waals surface area contributed by atoms with E-state index in [4.69, 9.17) is 5.26 Å². The summed E-state index contributed by atoms with van der Waals surface area (Å²) in [6.07, 6.45) is 4.55. The van der Waals surface area contributed by atoms with Crippen molar-refractivity contribution in [3.63, 3.8) is 0 Å². The molecule has 3 nitrogen and oxygen atoms in total. The topological polar surface area (TPSA) is 56.0 Å². The van der Waals surface area contributed by atoms with Crippen LogP contribution in [-0.4, -0.2) is 17.7 Å². The Bertz CT molecular complexity index is 388. The van der Waals surface area contributed by atoms with Crippen LogP contribution in [0, 0.1) is 11.3 Å². The van der Waals surface area contributed by atoms with Crippen molar-refractivity contribution >= 4 is 0 Å². The molecule has 1 aliphatic rings.